The van der Waals surface area contributed by atoms with E-state index in [0.29, 0.717) is 12.6 Å². The van der Waals surface area contributed by atoms with E-state index in [9.17, 15) is 5.11 Å². The summed E-state index contributed by atoms with van der Waals surface area (Å²) in [6.45, 7) is 6.88. The Hall–Kier alpha value is -0.120. The Morgan fingerprint density at radius 3 is 2.62 bits per heavy atom. The van der Waals surface area contributed by atoms with Crippen molar-refractivity contribution in [1.29, 1.82) is 0 Å². The van der Waals surface area contributed by atoms with Gasteiger partial charge in [-0.05, 0) is 39.7 Å². The van der Waals surface area contributed by atoms with Crippen LogP contribution in [0.25, 0.3) is 0 Å². The van der Waals surface area contributed by atoms with Crippen molar-refractivity contribution in [2.24, 2.45) is 5.73 Å². The molecule has 1 rings (SSSR count). The van der Waals surface area contributed by atoms with Gasteiger partial charge in [-0.1, -0.05) is 0 Å². The molecule has 1 fully saturated rings. The molecule has 0 spiro atoms. The molecule has 3 N–H and O–H groups in total. The minimum absolute atomic E-state index is 0.402. The number of likely N-dealkylation sites (tertiary alicyclic amines) is 1. The number of hydrogen-bond acceptors (Lipinski definition) is 3. The zero-order valence-electron chi connectivity index (χ0n) is 8.79. The second-order valence-corrected chi connectivity index (χ2v) is 4.41. The van der Waals surface area contributed by atoms with Crippen LogP contribution in [0.2, 0.25) is 0 Å². The van der Waals surface area contributed by atoms with E-state index in [1.807, 2.05) is 0 Å². The Labute approximate surface area is 80.9 Å². The summed E-state index contributed by atoms with van der Waals surface area (Å²) in [6, 6.07) is 0.583. The molecule has 1 saturated heterocycles. The molecule has 3 nitrogen and oxygen atoms in total. The lowest BCUT2D eigenvalue weighted by Gasteiger charge is -2.26. The highest BCUT2D eigenvalue weighted by molar-refractivity contribution is 4.84. The zero-order valence-corrected chi connectivity index (χ0v) is 8.79. The smallest absolute Gasteiger partial charge is 0.0782 e. The highest BCUT2D eigenvalue weighted by Crippen LogP contribution is 2.21. The lowest BCUT2D eigenvalue weighted by atomic mass is 9.95. The molecule has 0 saturated carbocycles. The van der Waals surface area contributed by atoms with E-state index in [4.69, 9.17) is 5.73 Å². The van der Waals surface area contributed by atoms with Crippen molar-refractivity contribution in [3.05, 3.63) is 0 Å². The molecule has 0 aliphatic carbocycles. The van der Waals surface area contributed by atoms with Crippen LogP contribution in [-0.2, 0) is 0 Å². The second-order valence-electron chi connectivity index (χ2n) is 4.41. The maximum atomic E-state index is 10.0. The zero-order chi connectivity index (χ0) is 9.90. The van der Waals surface area contributed by atoms with Crippen LogP contribution < -0.4 is 5.73 Å². The van der Waals surface area contributed by atoms with Crippen molar-refractivity contribution in [3.63, 3.8) is 0 Å². The van der Waals surface area contributed by atoms with Gasteiger partial charge in [-0.15, -0.1) is 0 Å². The van der Waals surface area contributed by atoms with Crippen molar-refractivity contribution in [2.75, 3.05) is 19.6 Å². The van der Waals surface area contributed by atoms with Gasteiger partial charge in [0.25, 0.3) is 0 Å². The first kappa shape index (κ1) is 11.0. The van der Waals surface area contributed by atoms with E-state index < -0.39 is 5.60 Å². The first-order chi connectivity index (χ1) is 6.07. The fourth-order valence-corrected chi connectivity index (χ4v) is 1.92. The molecule has 1 atom stereocenters. The fourth-order valence-electron chi connectivity index (χ4n) is 1.92. The summed E-state index contributed by atoms with van der Waals surface area (Å²) >= 11 is 0. The van der Waals surface area contributed by atoms with Crippen LogP contribution in [0.1, 0.15) is 33.1 Å². The molecular weight excluding hydrogens is 164 g/mol. The van der Waals surface area contributed by atoms with E-state index >= 15 is 0 Å². The van der Waals surface area contributed by atoms with Gasteiger partial charge in [0.1, 0.15) is 0 Å². The van der Waals surface area contributed by atoms with Crippen molar-refractivity contribution in [3.8, 4) is 0 Å². The van der Waals surface area contributed by atoms with Crippen LogP contribution >= 0.6 is 0 Å². The van der Waals surface area contributed by atoms with Gasteiger partial charge in [-0.25, -0.2) is 0 Å². The predicted octanol–water partition coefficient (Wildman–Crippen LogP) is 0.570. The van der Waals surface area contributed by atoms with Gasteiger partial charge in [-0.2, -0.15) is 0 Å². The quantitative estimate of drug-likeness (QED) is 0.663. The molecule has 0 radical (unpaired) electrons. The molecular formula is C10H22N2O. The molecule has 1 aliphatic rings. The van der Waals surface area contributed by atoms with Crippen LogP contribution in [0.15, 0.2) is 0 Å². The number of aliphatic hydroxyl groups is 1. The standard InChI is InChI=1S/C10H22N2O/c1-9(2)12-6-3-4-10(13,8-11)5-7-12/h9,13H,3-8,11H2,1-2H3. The Morgan fingerprint density at radius 1 is 1.38 bits per heavy atom. The van der Waals surface area contributed by atoms with E-state index in [-0.39, 0.29) is 0 Å². The highest BCUT2D eigenvalue weighted by Gasteiger charge is 2.28. The summed E-state index contributed by atoms with van der Waals surface area (Å²) in [5.41, 5.74) is 4.97. The third kappa shape index (κ3) is 2.93. The summed E-state index contributed by atoms with van der Waals surface area (Å²) in [5, 5.41) is 10.0. The summed E-state index contributed by atoms with van der Waals surface area (Å²) in [6.07, 6.45) is 2.74. The Bertz CT molecular complexity index is 161. The maximum Gasteiger partial charge on any atom is 0.0782 e. The Kier molecular flexibility index (Phi) is 3.71. The highest BCUT2D eigenvalue weighted by atomic mass is 16.3. The molecule has 0 amide bonds. The topological polar surface area (TPSA) is 49.5 Å². The minimum atomic E-state index is -0.594. The van der Waals surface area contributed by atoms with E-state index in [0.717, 1.165) is 32.4 Å². The monoisotopic (exact) mass is 186 g/mol. The average Bonchev–Trinajstić information content (AvgIpc) is 2.28. The van der Waals surface area contributed by atoms with Crippen LogP contribution in [0.4, 0.5) is 0 Å². The van der Waals surface area contributed by atoms with Gasteiger partial charge in [0.2, 0.25) is 0 Å². The van der Waals surface area contributed by atoms with Gasteiger partial charge >= 0.3 is 0 Å². The second kappa shape index (κ2) is 4.40. The molecule has 78 valence electrons. The van der Waals surface area contributed by atoms with Crippen molar-refractivity contribution in [2.45, 2.75) is 44.8 Å². The molecule has 1 aliphatic heterocycles. The maximum absolute atomic E-state index is 10.0. The Balaban J connectivity index is 2.48. The normalized spacial score (nSPS) is 32.1. The average molecular weight is 186 g/mol. The van der Waals surface area contributed by atoms with Gasteiger partial charge in [0.15, 0.2) is 0 Å². The fraction of sp³-hybridized carbons (Fsp3) is 1.00. The number of rotatable bonds is 2. The van der Waals surface area contributed by atoms with Gasteiger partial charge in [0.05, 0.1) is 5.60 Å². The third-order valence-electron chi connectivity index (χ3n) is 3.06. The third-order valence-corrected chi connectivity index (χ3v) is 3.06. The molecule has 0 aromatic heterocycles. The van der Waals surface area contributed by atoms with E-state index in [2.05, 4.69) is 18.7 Å². The van der Waals surface area contributed by atoms with Crippen LogP contribution in [-0.4, -0.2) is 41.3 Å². The van der Waals surface area contributed by atoms with Crippen LogP contribution in [0.5, 0.6) is 0 Å². The predicted molar refractivity (Wildman–Crippen MR) is 54.6 cm³/mol. The minimum Gasteiger partial charge on any atom is -0.389 e. The number of hydrogen-bond donors (Lipinski definition) is 2. The SMILES string of the molecule is CC(C)N1CCCC(O)(CN)CC1. The Morgan fingerprint density at radius 2 is 2.08 bits per heavy atom. The van der Waals surface area contributed by atoms with Crippen LogP contribution in [0, 0.1) is 0 Å². The molecule has 3 heteroatoms. The van der Waals surface area contributed by atoms with Gasteiger partial charge < -0.3 is 15.7 Å². The molecule has 0 bridgehead atoms. The number of nitrogens with two attached hydrogens (primary N) is 1. The molecule has 13 heavy (non-hydrogen) atoms. The van der Waals surface area contributed by atoms with Crippen molar-refractivity contribution in [1.82, 2.24) is 4.90 Å². The van der Waals surface area contributed by atoms with Crippen molar-refractivity contribution >= 4 is 0 Å². The summed E-state index contributed by atoms with van der Waals surface area (Å²) in [4.78, 5) is 2.41. The summed E-state index contributed by atoms with van der Waals surface area (Å²) < 4.78 is 0. The number of nitrogens with zero attached hydrogens (tertiary/aromatic N) is 1. The van der Waals surface area contributed by atoms with E-state index in [1.165, 1.54) is 0 Å². The summed E-state index contributed by atoms with van der Waals surface area (Å²) in [5.74, 6) is 0. The van der Waals surface area contributed by atoms with Gasteiger partial charge in [-0.3, -0.25) is 0 Å². The first-order valence-corrected chi connectivity index (χ1v) is 5.24. The van der Waals surface area contributed by atoms with E-state index in [1.54, 1.807) is 0 Å². The largest absolute Gasteiger partial charge is 0.389 e. The molecule has 1 unspecified atom stereocenters. The molecule has 0 aromatic rings. The molecule has 0 aromatic carbocycles. The first-order valence-electron chi connectivity index (χ1n) is 5.24. The molecule has 1 heterocycles. The summed E-state index contributed by atoms with van der Waals surface area (Å²) in [7, 11) is 0. The van der Waals surface area contributed by atoms with Gasteiger partial charge in [0, 0.05) is 19.1 Å². The lowest BCUT2D eigenvalue weighted by molar-refractivity contribution is 0.0333. The van der Waals surface area contributed by atoms with Crippen LogP contribution in [0.3, 0.4) is 0 Å². The van der Waals surface area contributed by atoms with Crippen molar-refractivity contribution < 1.29 is 5.11 Å². The lowest BCUT2D eigenvalue weighted by Crippen LogP contribution is -2.39.